The van der Waals surface area contributed by atoms with Crippen LogP contribution in [0.5, 0.6) is 11.5 Å². The van der Waals surface area contributed by atoms with Crippen molar-refractivity contribution in [3.63, 3.8) is 0 Å². The highest BCUT2D eigenvalue weighted by Crippen LogP contribution is 2.30. The number of ether oxygens (including phenoxy) is 3. The average molecular weight is 536 g/mol. The van der Waals surface area contributed by atoms with Crippen LogP contribution in [0.25, 0.3) is 0 Å². The molecule has 2 aromatic carbocycles. The first-order valence-electron chi connectivity index (χ1n) is 15.4. The van der Waals surface area contributed by atoms with E-state index in [-0.39, 0.29) is 5.41 Å². The number of likely N-dealkylation sites (N-methyl/N-ethyl adjacent to an activating group) is 1. The molecule has 0 unspecified atom stereocenters. The van der Waals surface area contributed by atoms with E-state index in [1.807, 2.05) is 0 Å². The van der Waals surface area contributed by atoms with E-state index in [0.717, 1.165) is 50.4 Å². The maximum atomic E-state index is 5.90. The van der Waals surface area contributed by atoms with Crippen molar-refractivity contribution in [1.29, 1.82) is 0 Å². The van der Waals surface area contributed by atoms with E-state index >= 15 is 0 Å². The Balaban J connectivity index is 1.53. The molecule has 2 rings (SSSR count). The average Bonchev–Trinajstić information content (AvgIpc) is 2.93. The lowest BCUT2D eigenvalue weighted by atomic mass is 9.80. The van der Waals surface area contributed by atoms with Crippen LogP contribution in [0.2, 0.25) is 6.32 Å². The molecule has 0 bridgehead atoms. The number of hydrogen-bond donors (Lipinski definition) is 0. The summed E-state index contributed by atoms with van der Waals surface area (Å²) in [5, 5.41) is 0. The molecule has 0 aliphatic carbocycles. The lowest BCUT2D eigenvalue weighted by Gasteiger charge is -2.25. The maximum absolute atomic E-state index is 5.90. The molecule has 0 amide bonds. The number of hydrogen-bond acceptors (Lipinski definition) is 4. The van der Waals surface area contributed by atoms with Gasteiger partial charge in [0.2, 0.25) is 0 Å². The monoisotopic (exact) mass is 535 g/mol. The smallest absolute Gasteiger partial charge is 0.119 e. The van der Waals surface area contributed by atoms with Crippen LogP contribution in [0.3, 0.4) is 0 Å². The van der Waals surface area contributed by atoms with Gasteiger partial charge in [0, 0.05) is 13.1 Å². The van der Waals surface area contributed by atoms with Gasteiger partial charge in [0.05, 0.1) is 27.7 Å². The lowest BCUT2D eigenvalue weighted by molar-refractivity contribution is 0.0836. The summed E-state index contributed by atoms with van der Waals surface area (Å²) in [5.74, 6) is 1.87. The molecule has 0 N–H and O–H groups in total. The second-order valence-corrected chi connectivity index (χ2v) is 11.5. The summed E-state index contributed by atoms with van der Waals surface area (Å²) >= 11 is 0. The van der Waals surface area contributed by atoms with Gasteiger partial charge in [0.25, 0.3) is 0 Å². The third-order valence-electron chi connectivity index (χ3n) is 7.40. The third kappa shape index (κ3) is 14.8. The highest BCUT2D eigenvalue weighted by molar-refractivity contribution is 6.08. The summed E-state index contributed by atoms with van der Waals surface area (Å²) in [6, 6.07) is 17.1. The van der Waals surface area contributed by atoms with Crippen molar-refractivity contribution in [2.75, 3.05) is 40.0 Å². The Hall–Kier alpha value is -1.98. The molecule has 0 fully saturated rings. The molecule has 5 heteroatoms. The number of benzene rings is 2. The molecule has 2 aromatic rings. The zero-order valence-corrected chi connectivity index (χ0v) is 25.4. The van der Waals surface area contributed by atoms with Crippen molar-refractivity contribution in [2.24, 2.45) is 0 Å². The van der Waals surface area contributed by atoms with Crippen LogP contribution < -0.4 is 9.47 Å². The van der Waals surface area contributed by atoms with Crippen molar-refractivity contribution in [3.05, 3.63) is 59.7 Å². The van der Waals surface area contributed by atoms with Crippen molar-refractivity contribution in [3.8, 4) is 11.5 Å². The number of rotatable bonds is 23. The van der Waals surface area contributed by atoms with Crippen molar-refractivity contribution in [1.82, 2.24) is 4.90 Å². The third-order valence-corrected chi connectivity index (χ3v) is 7.40. The summed E-state index contributed by atoms with van der Waals surface area (Å²) < 4.78 is 17.6. The maximum Gasteiger partial charge on any atom is 0.119 e. The first-order valence-corrected chi connectivity index (χ1v) is 15.4. The standard InChI is InChI=1S/C34H54BNO3/c1-5-6-11-22-34(2,3)31-16-20-33(21-17-31)39-28-27-37-26-24-36(4)29-30-14-18-32(19-15-30)38-25-13-10-8-7-9-12-23-35/h14-21H,5-13,22-29H2,1-4H3. The second kappa shape index (κ2) is 20.0. The lowest BCUT2D eigenvalue weighted by Crippen LogP contribution is -2.23. The first-order chi connectivity index (χ1) is 18.9. The van der Waals surface area contributed by atoms with Gasteiger partial charge in [-0.25, -0.2) is 0 Å². The molecule has 0 atom stereocenters. The van der Waals surface area contributed by atoms with Crippen LogP contribution in [-0.4, -0.2) is 52.8 Å². The molecule has 0 aliphatic heterocycles. The molecule has 0 spiro atoms. The van der Waals surface area contributed by atoms with E-state index in [2.05, 4.69) is 81.2 Å². The summed E-state index contributed by atoms with van der Waals surface area (Å²) in [6.07, 6.45) is 13.2. The Bertz CT molecular complexity index is 854. The van der Waals surface area contributed by atoms with Gasteiger partial charge >= 0.3 is 0 Å². The molecule has 4 nitrogen and oxygen atoms in total. The van der Waals surface area contributed by atoms with Crippen LogP contribution in [0.4, 0.5) is 0 Å². The molecule has 0 saturated heterocycles. The van der Waals surface area contributed by atoms with Crippen molar-refractivity contribution in [2.45, 2.75) is 103 Å². The van der Waals surface area contributed by atoms with Crippen molar-refractivity contribution >= 4 is 7.85 Å². The quantitative estimate of drug-likeness (QED) is 0.106. The van der Waals surface area contributed by atoms with Crippen LogP contribution >= 0.6 is 0 Å². The fraction of sp³-hybridized carbons (Fsp3) is 0.647. The fourth-order valence-electron chi connectivity index (χ4n) is 4.73. The van der Waals surface area contributed by atoms with Gasteiger partial charge in [0.15, 0.2) is 0 Å². The second-order valence-electron chi connectivity index (χ2n) is 11.5. The fourth-order valence-corrected chi connectivity index (χ4v) is 4.73. The van der Waals surface area contributed by atoms with Crippen LogP contribution in [0.1, 0.15) is 96.1 Å². The molecule has 2 radical (unpaired) electrons. The molecule has 216 valence electrons. The Morgan fingerprint density at radius 3 is 1.97 bits per heavy atom. The number of unbranched alkanes of at least 4 members (excludes halogenated alkanes) is 7. The van der Waals surface area contributed by atoms with Crippen LogP contribution in [0.15, 0.2) is 48.5 Å². The summed E-state index contributed by atoms with van der Waals surface area (Å²) in [7, 11) is 7.67. The largest absolute Gasteiger partial charge is 0.494 e. The predicted octanol–water partition coefficient (Wildman–Crippen LogP) is 8.38. The first kappa shape index (κ1) is 33.2. The molecule has 0 aliphatic rings. The van der Waals surface area contributed by atoms with Gasteiger partial charge in [-0.3, -0.25) is 4.90 Å². The van der Waals surface area contributed by atoms with Crippen LogP contribution in [-0.2, 0) is 16.7 Å². The SMILES string of the molecule is [B]CCCCCCCCOc1ccc(CN(C)CCOCCOc2ccc(C(C)(C)CCCCC)cc2)cc1. The molecular weight excluding hydrogens is 481 g/mol. The molecule has 0 aromatic heterocycles. The Labute approximate surface area is 241 Å². The van der Waals surface area contributed by atoms with Gasteiger partial charge in [-0.05, 0) is 60.7 Å². The zero-order chi connectivity index (χ0) is 28.2. The minimum atomic E-state index is 0.211. The topological polar surface area (TPSA) is 30.9 Å². The molecular formula is C34H54BNO3. The van der Waals surface area contributed by atoms with Gasteiger partial charge in [0.1, 0.15) is 18.1 Å². The minimum absolute atomic E-state index is 0.211. The number of nitrogens with zero attached hydrogens (tertiary/aromatic N) is 1. The predicted molar refractivity (Wildman–Crippen MR) is 166 cm³/mol. The Morgan fingerprint density at radius 2 is 1.31 bits per heavy atom. The van der Waals surface area contributed by atoms with E-state index in [1.54, 1.807) is 0 Å². The van der Waals surface area contributed by atoms with Gasteiger partial charge in [-0.2, -0.15) is 0 Å². The normalized spacial score (nSPS) is 11.7. The van der Waals surface area contributed by atoms with E-state index in [1.165, 1.54) is 62.5 Å². The molecule has 0 heterocycles. The molecule has 0 saturated carbocycles. The summed E-state index contributed by atoms with van der Waals surface area (Å²) in [4.78, 5) is 2.28. The van der Waals surface area contributed by atoms with Gasteiger partial charge in [-0.15, -0.1) is 0 Å². The summed E-state index contributed by atoms with van der Waals surface area (Å²) in [6.45, 7) is 11.4. The minimum Gasteiger partial charge on any atom is -0.494 e. The van der Waals surface area contributed by atoms with Gasteiger partial charge in [-0.1, -0.05) is 103 Å². The van der Waals surface area contributed by atoms with Gasteiger partial charge < -0.3 is 14.2 Å². The Kier molecular flexibility index (Phi) is 17.0. The van der Waals surface area contributed by atoms with E-state index in [0.29, 0.717) is 19.8 Å². The van der Waals surface area contributed by atoms with Crippen LogP contribution in [0, 0.1) is 0 Å². The van der Waals surface area contributed by atoms with E-state index < -0.39 is 0 Å². The zero-order valence-electron chi connectivity index (χ0n) is 25.4. The van der Waals surface area contributed by atoms with E-state index in [4.69, 9.17) is 22.1 Å². The Morgan fingerprint density at radius 1 is 0.692 bits per heavy atom. The highest BCUT2D eigenvalue weighted by Gasteiger charge is 2.19. The van der Waals surface area contributed by atoms with E-state index in [9.17, 15) is 0 Å². The highest BCUT2D eigenvalue weighted by atomic mass is 16.5. The molecule has 39 heavy (non-hydrogen) atoms. The van der Waals surface area contributed by atoms with Crippen molar-refractivity contribution < 1.29 is 14.2 Å². The summed E-state index contributed by atoms with van der Waals surface area (Å²) in [5.41, 5.74) is 2.88.